The number of halogens is 2. The van der Waals surface area contributed by atoms with Gasteiger partial charge in [-0.15, -0.1) is 0 Å². The van der Waals surface area contributed by atoms with Gasteiger partial charge in [-0.25, -0.2) is 0 Å². The number of benzene rings is 2. The molecular formula is C15H13F2O3. The van der Waals surface area contributed by atoms with Crippen LogP contribution in [0.1, 0.15) is 11.1 Å². The lowest BCUT2D eigenvalue weighted by atomic mass is 10.1. The summed E-state index contributed by atoms with van der Waals surface area (Å²) in [5.74, 6) is 0.189. The molecule has 1 radical (unpaired) electrons. The molecule has 0 fully saturated rings. The standard InChI is InChI=1S/C15H13F2O3/c1-9-6-10(2)14(13(18)7-9)19-11-4-3-5-12(8-11)20-15(16)17/h3-8,15H,1-2H3. The van der Waals surface area contributed by atoms with Crippen molar-refractivity contribution in [3.05, 3.63) is 47.5 Å². The van der Waals surface area contributed by atoms with E-state index in [1.165, 1.54) is 24.3 Å². The summed E-state index contributed by atoms with van der Waals surface area (Å²) >= 11 is 0. The Kier molecular flexibility index (Phi) is 4.08. The van der Waals surface area contributed by atoms with Crippen LogP contribution < -0.4 is 9.47 Å². The van der Waals surface area contributed by atoms with E-state index in [9.17, 15) is 13.9 Å². The fourth-order valence-electron chi connectivity index (χ4n) is 1.88. The highest BCUT2D eigenvalue weighted by Gasteiger charge is 2.11. The average Bonchev–Trinajstić information content (AvgIpc) is 2.33. The molecule has 0 aliphatic rings. The van der Waals surface area contributed by atoms with Gasteiger partial charge in [-0.3, -0.25) is 5.11 Å². The molecule has 20 heavy (non-hydrogen) atoms. The Labute approximate surface area is 115 Å². The number of rotatable bonds is 4. The fourth-order valence-corrected chi connectivity index (χ4v) is 1.88. The third-order valence-electron chi connectivity index (χ3n) is 2.64. The zero-order valence-corrected chi connectivity index (χ0v) is 11.0. The van der Waals surface area contributed by atoms with Gasteiger partial charge in [-0.1, -0.05) is 12.1 Å². The van der Waals surface area contributed by atoms with Crippen LogP contribution in [0.5, 0.6) is 23.0 Å². The first-order chi connectivity index (χ1) is 9.45. The molecule has 5 heteroatoms. The van der Waals surface area contributed by atoms with Crippen molar-refractivity contribution in [2.75, 3.05) is 0 Å². The van der Waals surface area contributed by atoms with Crippen LogP contribution in [0.15, 0.2) is 36.4 Å². The van der Waals surface area contributed by atoms with Crippen molar-refractivity contribution in [2.24, 2.45) is 0 Å². The Morgan fingerprint density at radius 2 is 1.75 bits per heavy atom. The third-order valence-corrected chi connectivity index (χ3v) is 2.64. The molecule has 0 N–H and O–H groups in total. The molecule has 0 bridgehead atoms. The van der Waals surface area contributed by atoms with Gasteiger partial charge in [0.2, 0.25) is 5.75 Å². The van der Waals surface area contributed by atoms with Gasteiger partial charge in [0.05, 0.1) is 0 Å². The first kappa shape index (κ1) is 14.1. The first-order valence-electron chi connectivity index (χ1n) is 5.96. The molecule has 0 aromatic heterocycles. The maximum absolute atomic E-state index is 12.1. The Hall–Kier alpha value is -2.30. The predicted octanol–water partition coefficient (Wildman–Crippen LogP) is 4.84. The number of hydrogen-bond acceptors (Lipinski definition) is 2. The van der Waals surface area contributed by atoms with Gasteiger partial charge >= 0.3 is 6.61 Å². The molecule has 0 aliphatic carbocycles. The minimum Gasteiger partial charge on any atom is -0.453 e. The largest absolute Gasteiger partial charge is 0.453 e. The predicted molar refractivity (Wildman–Crippen MR) is 69.2 cm³/mol. The summed E-state index contributed by atoms with van der Waals surface area (Å²) < 4.78 is 34.0. The lowest BCUT2D eigenvalue weighted by Crippen LogP contribution is -2.01. The van der Waals surface area contributed by atoms with Crippen LogP contribution in [0.25, 0.3) is 0 Å². The smallest absolute Gasteiger partial charge is 0.387 e. The Morgan fingerprint density at radius 1 is 1.05 bits per heavy atom. The van der Waals surface area contributed by atoms with Crippen LogP contribution in [0, 0.1) is 13.8 Å². The highest BCUT2D eigenvalue weighted by Crippen LogP contribution is 2.36. The van der Waals surface area contributed by atoms with Crippen LogP contribution in [0.2, 0.25) is 0 Å². The summed E-state index contributed by atoms with van der Waals surface area (Å²) in [6.45, 7) is 0.667. The molecule has 2 rings (SSSR count). The molecule has 2 aromatic rings. The summed E-state index contributed by atoms with van der Waals surface area (Å²) in [5.41, 5.74) is 1.53. The SMILES string of the molecule is Cc1cc(C)c(Oc2cccc(OC(F)F)c2)c([O])c1. The molecule has 3 nitrogen and oxygen atoms in total. The quantitative estimate of drug-likeness (QED) is 0.803. The van der Waals surface area contributed by atoms with Crippen molar-refractivity contribution in [3.8, 4) is 23.0 Å². The van der Waals surface area contributed by atoms with Crippen molar-refractivity contribution in [1.29, 1.82) is 0 Å². The minimum atomic E-state index is -2.90. The van der Waals surface area contributed by atoms with E-state index in [2.05, 4.69) is 4.74 Å². The van der Waals surface area contributed by atoms with E-state index in [4.69, 9.17) is 4.74 Å². The van der Waals surface area contributed by atoms with E-state index in [0.29, 0.717) is 5.56 Å². The van der Waals surface area contributed by atoms with Crippen LogP contribution >= 0.6 is 0 Å². The highest BCUT2D eigenvalue weighted by atomic mass is 19.3. The molecule has 0 unspecified atom stereocenters. The van der Waals surface area contributed by atoms with Gasteiger partial charge in [0, 0.05) is 6.07 Å². The van der Waals surface area contributed by atoms with Crippen LogP contribution in [-0.4, -0.2) is 6.61 Å². The average molecular weight is 279 g/mol. The molecule has 0 amide bonds. The summed E-state index contributed by atoms with van der Waals surface area (Å²) in [5, 5.41) is 11.9. The maximum Gasteiger partial charge on any atom is 0.387 e. The zero-order chi connectivity index (χ0) is 14.7. The fraction of sp³-hybridized carbons (Fsp3) is 0.200. The summed E-state index contributed by atoms with van der Waals surface area (Å²) in [6, 6.07) is 9.06. The van der Waals surface area contributed by atoms with E-state index >= 15 is 0 Å². The van der Waals surface area contributed by atoms with Crippen molar-refractivity contribution in [2.45, 2.75) is 20.5 Å². The van der Waals surface area contributed by atoms with Crippen LogP contribution in [0.3, 0.4) is 0 Å². The molecule has 0 saturated carbocycles. The molecule has 0 heterocycles. The molecule has 0 spiro atoms. The van der Waals surface area contributed by atoms with Crippen molar-refractivity contribution >= 4 is 0 Å². The summed E-state index contributed by atoms with van der Waals surface area (Å²) in [7, 11) is 0. The molecular weight excluding hydrogens is 266 g/mol. The number of hydrogen-bond donors (Lipinski definition) is 0. The lowest BCUT2D eigenvalue weighted by Gasteiger charge is -2.11. The molecule has 0 saturated heterocycles. The van der Waals surface area contributed by atoms with Gasteiger partial charge in [0.1, 0.15) is 11.5 Å². The lowest BCUT2D eigenvalue weighted by molar-refractivity contribution is -0.0499. The number of ether oxygens (including phenoxy) is 2. The summed E-state index contributed by atoms with van der Waals surface area (Å²) in [6.07, 6.45) is 0. The second-order valence-corrected chi connectivity index (χ2v) is 4.36. The first-order valence-corrected chi connectivity index (χ1v) is 5.96. The van der Waals surface area contributed by atoms with Gasteiger partial charge in [0.25, 0.3) is 0 Å². The molecule has 0 aliphatic heterocycles. The Balaban J connectivity index is 2.26. The molecule has 0 atom stereocenters. The second-order valence-electron chi connectivity index (χ2n) is 4.36. The maximum atomic E-state index is 12.1. The Bertz CT molecular complexity index is 589. The van der Waals surface area contributed by atoms with Crippen molar-refractivity contribution in [3.63, 3.8) is 0 Å². The van der Waals surface area contributed by atoms with Crippen molar-refractivity contribution < 1.29 is 23.4 Å². The van der Waals surface area contributed by atoms with Gasteiger partial charge < -0.3 is 9.47 Å². The second kappa shape index (κ2) is 5.77. The number of alkyl halides is 2. The highest BCUT2D eigenvalue weighted by molar-refractivity contribution is 5.50. The Morgan fingerprint density at radius 3 is 2.40 bits per heavy atom. The minimum absolute atomic E-state index is 0.0188. The van der Waals surface area contributed by atoms with E-state index in [0.717, 1.165) is 5.56 Å². The van der Waals surface area contributed by atoms with Crippen molar-refractivity contribution in [1.82, 2.24) is 0 Å². The van der Waals surface area contributed by atoms with Gasteiger partial charge in [0.15, 0.2) is 5.75 Å². The van der Waals surface area contributed by atoms with Crippen LogP contribution in [-0.2, 0) is 5.11 Å². The summed E-state index contributed by atoms with van der Waals surface area (Å²) in [4.78, 5) is 0. The third kappa shape index (κ3) is 3.38. The number of aryl methyl sites for hydroxylation is 2. The van der Waals surface area contributed by atoms with Gasteiger partial charge in [-0.2, -0.15) is 8.78 Å². The topological polar surface area (TPSA) is 38.4 Å². The van der Waals surface area contributed by atoms with Crippen LogP contribution in [0.4, 0.5) is 8.78 Å². The van der Waals surface area contributed by atoms with E-state index in [-0.39, 0.29) is 23.0 Å². The van der Waals surface area contributed by atoms with E-state index in [1.54, 1.807) is 13.0 Å². The molecule has 105 valence electrons. The normalized spacial score (nSPS) is 10.7. The molecule has 2 aromatic carbocycles. The van der Waals surface area contributed by atoms with E-state index < -0.39 is 6.61 Å². The zero-order valence-electron chi connectivity index (χ0n) is 11.0. The van der Waals surface area contributed by atoms with Gasteiger partial charge in [-0.05, 0) is 43.2 Å². The van der Waals surface area contributed by atoms with E-state index in [1.807, 2.05) is 13.0 Å². The monoisotopic (exact) mass is 279 g/mol.